The van der Waals surface area contributed by atoms with Crippen LogP contribution in [0.15, 0.2) is 17.2 Å². The molecular formula is C12H14N4OS. The fourth-order valence-electron chi connectivity index (χ4n) is 1.94. The fraction of sp³-hybridized carbons (Fsp3) is 0.417. The van der Waals surface area contributed by atoms with Crippen molar-refractivity contribution in [1.29, 1.82) is 0 Å². The van der Waals surface area contributed by atoms with Crippen molar-refractivity contribution in [2.75, 3.05) is 0 Å². The van der Waals surface area contributed by atoms with Crippen molar-refractivity contribution in [3.05, 3.63) is 34.0 Å². The zero-order chi connectivity index (χ0) is 12.7. The van der Waals surface area contributed by atoms with Crippen molar-refractivity contribution in [3.63, 3.8) is 0 Å². The van der Waals surface area contributed by atoms with Gasteiger partial charge in [-0.3, -0.25) is 9.48 Å². The lowest BCUT2D eigenvalue weighted by Crippen LogP contribution is -2.15. The van der Waals surface area contributed by atoms with Crippen LogP contribution in [0.3, 0.4) is 0 Å². The number of aromatic amines is 1. The predicted molar refractivity (Wildman–Crippen MR) is 71.5 cm³/mol. The molecule has 1 aliphatic heterocycles. The van der Waals surface area contributed by atoms with Crippen molar-refractivity contribution in [3.8, 4) is 11.4 Å². The van der Waals surface area contributed by atoms with E-state index < -0.39 is 0 Å². The minimum atomic E-state index is -0.0164. The van der Waals surface area contributed by atoms with Gasteiger partial charge in [0.25, 0.3) is 5.56 Å². The third-order valence-electron chi connectivity index (χ3n) is 2.99. The van der Waals surface area contributed by atoms with Crippen LogP contribution in [0.5, 0.6) is 0 Å². The summed E-state index contributed by atoms with van der Waals surface area (Å²) in [5, 5.41) is 4.26. The first-order valence-electron chi connectivity index (χ1n) is 5.89. The monoisotopic (exact) mass is 262 g/mol. The van der Waals surface area contributed by atoms with Crippen molar-refractivity contribution in [1.82, 2.24) is 19.7 Å². The molecule has 0 aliphatic carbocycles. The van der Waals surface area contributed by atoms with E-state index in [2.05, 4.69) is 28.9 Å². The molecule has 0 unspecified atom stereocenters. The Morgan fingerprint density at radius 2 is 2.28 bits per heavy atom. The second kappa shape index (κ2) is 4.28. The number of fused-ring (bicyclic) bond motifs is 1. The van der Waals surface area contributed by atoms with E-state index in [-0.39, 0.29) is 5.56 Å². The summed E-state index contributed by atoms with van der Waals surface area (Å²) in [4.78, 5) is 19.3. The summed E-state index contributed by atoms with van der Waals surface area (Å²) in [6.45, 7) is 4.12. The highest BCUT2D eigenvalue weighted by atomic mass is 32.2. The number of hydrogen-bond donors (Lipinski definition) is 1. The molecular weight excluding hydrogens is 248 g/mol. The molecule has 1 aliphatic rings. The molecule has 1 N–H and O–H groups in total. The van der Waals surface area contributed by atoms with Gasteiger partial charge in [-0.15, -0.1) is 0 Å². The van der Waals surface area contributed by atoms with Crippen LogP contribution in [0.25, 0.3) is 11.4 Å². The summed E-state index contributed by atoms with van der Waals surface area (Å²) in [5.74, 6) is 2.21. The summed E-state index contributed by atoms with van der Waals surface area (Å²) < 4.78 is 1.86. The lowest BCUT2D eigenvalue weighted by Gasteiger charge is -2.03. The molecule has 6 heteroatoms. The van der Waals surface area contributed by atoms with Crippen molar-refractivity contribution in [2.24, 2.45) is 0 Å². The predicted octanol–water partition coefficient (Wildman–Crippen LogP) is 1.96. The zero-order valence-electron chi connectivity index (χ0n) is 10.3. The number of thioether (sulfide) groups is 1. The van der Waals surface area contributed by atoms with Crippen LogP contribution in [0.1, 0.15) is 31.1 Å². The van der Waals surface area contributed by atoms with Crippen LogP contribution in [-0.4, -0.2) is 19.7 Å². The topological polar surface area (TPSA) is 63.6 Å². The Morgan fingerprint density at radius 3 is 3.00 bits per heavy atom. The smallest absolute Gasteiger partial charge is 0.255 e. The Bertz CT molecular complexity index is 644. The van der Waals surface area contributed by atoms with Gasteiger partial charge in [0, 0.05) is 29.3 Å². The molecule has 0 atom stereocenters. The van der Waals surface area contributed by atoms with Gasteiger partial charge in [0.05, 0.1) is 17.5 Å². The molecule has 2 aromatic rings. The maximum atomic E-state index is 11.9. The molecule has 3 heterocycles. The van der Waals surface area contributed by atoms with E-state index in [9.17, 15) is 4.79 Å². The summed E-state index contributed by atoms with van der Waals surface area (Å²) in [5.41, 5.74) is 2.58. The molecule has 0 saturated heterocycles. The molecule has 0 fully saturated rings. The number of nitrogens with zero attached hydrogens (tertiary/aromatic N) is 3. The second-order valence-electron chi connectivity index (χ2n) is 4.64. The van der Waals surface area contributed by atoms with Crippen LogP contribution in [0.4, 0.5) is 0 Å². The van der Waals surface area contributed by atoms with Crippen LogP contribution in [-0.2, 0) is 11.5 Å². The first kappa shape index (κ1) is 11.5. The number of aromatic nitrogens is 4. The van der Waals surface area contributed by atoms with E-state index in [1.165, 1.54) is 0 Å². The van der Waals surface area contributed by atoms with Gasteiger partial charge in [-0.25, -0.2) is 4.98 Å². The van der Waals surface area contributed by atoms with Gasteiger partial charge in [-0.05, 0) is 13.8 Å². The molecule has 0 spiro atoms. The number of nitrogens with one attached hydrogen (secondary N) is 1. The van der Waals surface area contributed by atoms with E-state index >= 15 is 0 Å². The molecule has 0 saturated carbocycles. The van der Waals surface area contributed by atoms with Crippen LogP contribution >= 0.6 is 11.8 Å². The summed E-state index contributed by atoms with van der Waals surface area (Å²) in [6, 6.07) is 0.301. The highest BCUT2D eigenvalue weighted by molar-refractivity contribution is 7.98. The van der Waals surface area contributed by atoms with Crippen molar-refractivity contribution >= 4 is 11.8 Å². The van der Waals surface area contributed by atoms with Crippen LogP contribution in [0, 0.1) is 0 Å². The van der Waals surface area contributed by atoms with Crippen molar-refractivity contribution < 1.29 is 0 Å². The van der Waals surface area contributed by atoms with Crippen LogP contribution < -0.4 is 5.56 Å². The zero-order valence-corrected chi connectivity index (χ0v) is 11.1. The largest absolute Gasteiger partial charge is 0.306 e. The second-order valence-corrected chi connectivity index (χ2v) is 5.62. The highest BCUT2D eigenvalue weighted by Gasteiger charge is 2.18. The average Bonchev–Trinajstić information content (AvgIpc) is 2.97. The first-order chi connectivity index (χ1) is 8.65. The molecule has 2 aromatic heterocycles. The maximum absolute atomic E-state index is 11.9. The Morgan fingerprint density at radius 1 is 1.44 bits per heavy atom. The Hall–Kier alpha value is -1.56. The average molecular weight is 262 g/mol. The Kier molecular flexibility index (Phi) is 2.74. The van der Waals surface area contributed by atoms with Gasteiger partial charge in [-0.1, -0.05) is 0 Å². The van der Waals surface area contributed by atoms with E-state index in [0.29, 0.717) is 11.9 Å². The molecule has 94 valence electrons. The van der Waals surface area contributed by atoms with Gasteiger partial charge < -0.3 is 4.98 Å². The minimum absolute atomic E-state index is 0.0164. The third kappa shape index (κ3) is 1.86. The Balaban J connectivity index is 2.06. The van der Waals surface area contributed by atoms with Crippen molar-refractivity contribution in [2.45, 2.75) is 31.4 Å². The molecule has 5 nitrogen and oxygen atoms in total. The summed E-state index contributed by atoms with van der Waals surface area (Å²) in [6.07, 6.45) is 3.66. The number of hydrogen-bond acceptors (Lipinski definition) is 4. The summed E-state index contributed by atoms with van der Waals surface area (Å²) >= 11 is 1.73. The van der Waals surface area contributed by atoms with Gasteiger partial charge >= 0.3 is 0 Å². The lowest BCUT2D eigenvalue weighted by molar-refractivity contribution is 0.532. The van der Waals surface area contributed by atoms with Crippen LogP contribution in [0.2, 0.25) is 0 Å². The molecule has 0 amide bonds. The highest BCUT2D eigenvalue weighted by Crippen LogP contribution is 2.26. The number of H-pyrrole nitrogens is 1. The lowest BCUT2D eigenvalue weighted by atomic mass is 10.2. The van der Waals surface area contributed by atoms with E-state index in [1.54, 1.807) is 18.0 Å². The van der Waals surface area contributed by atoms with Gasteiger partial charge in [0.2, 0.25) is 0 Å². The van der Waals surface area contributed by atoms with Gasteiger partial charge in [0.1, 0.15) is 5.82 Å². The van der Waals surface area contributed by atoms with Gasteiger partial charge in [-0.2, -0.15) is 16.9 Å². The Labute approximate surface area is 109 Å². The quantitative estimate of drug-likeness (QED) is 0.898. The fourth-order valence-corrected chi connectivity index (χ4v) is 2.98. The summed E-state index contributed by atoms with van der Waals surface area (Å²) in [7, 11) is 0. The number of rotatable bonds is 2. The van der Waals surface area contributed by atoms with E-state index in [1.807, 2.05) is 10.9 Å². The molecule has 0 radical (unpaired) electrons. The standard InChI is InChI=1S/C12H14N4OS/c1-7(2)16-4-8(3-13-16)11-14-10-6-18-5-9(10)12(17)15-11/h3-4,7H,5-6H2,1-2H3,(H,14,15,17). The van der Waals surface area contributed by atoms with E-state index in [0.717, 1.165) is 28.3 Å². The third-order valence-corrected chi connectivity index (χ3v) is 3.96. The van der Waals surface area contributed by atoms with E-state index in [4.69, 9.17) is 0 Å². The minimum Gasteiger partial charge on any atom is -0.306 e. The SMILES string of the molecule is CC(C)n1cc(-c2nc3c(c(=O)[nH]2)CSC3)cn1. The maximum Gasteiger partial charge on any atom is 0.255 e. The normalized spacial score (nSPS) is 14.2. The molecule has 0 bridgehead atoms. The molecule has 18 heavy (non-hydrogen) atoms. The molecule has 0 aromatic carbocycles. The van der Waals surface area contributed by atoms with Gasteiger partial charge in [0.15, 0.2) is 0 Å². The first-order valence-corrected chi connectivity index (χ1v) is 7.05. The molecule has 3 rings (SSSR count).